The standard InChI is InChI=1S/C11H18ClNOS/c1-5-11(2,13(3)4)10(14)8-6-7-9(12)15-8/h6-7,10,14H,5H2,1-4H3. The molecule has 0 radical (unpaired) electrons. The van der Waals surface area contributed by atoms with E-state index in [1.54, 1.807) is 0 Å². The number of hydrogen-bond acceptors (Lipinski definition) is 3. The fourth-order valence-corrected chi connectivity index (χ4v) is 2.73. The number of rotatable bonds is 4. The molecular weight excluding hydrogens is 230 g/mol. The predicted octanol–water partition coefficient (Wildman–Crippen LogP) is 3.17. The Labute approximate surface area is 100 Å². The summed E-state index contributed by atoms with van der Waals surface area (Å²) < 4.78 is 0.723. The summed E-state index contributed by atoms with van der Waals surface area (Å²) in [6.07, 6.45) is 0.395. The van der Waals surface area contributed by atoms with Crippen LogP contribution in [-0.2, 0) is 0 Å². The maximum absolute atomic E-state index is 10.3. The van der Waals surface area contributed by atoms with E-state index in [0.717, 1.165) is 15.6 Å². The van der Waals surface area contributed by atoms with Gasteiger partial charge in [-0.3, -0.25) is 0 Å². The molecule has 1 rings (SSSR count). The summed E-state index contributed by atoms with van der Waals surface area (Å²) in [5, 5.41) is 10.3. The molecule has 86 valence electrons. The quantitative estimate of drug-likeness (QED) is 0.884. The van der Waals surface area contributed by atoms with Crippen LogP contribution in [-0.4, -0.2) is 29.6 Å². The Morgan fingerprint density at radius 3 is 2.47 bits per heavy atom. The zero-order chi connectivity index (χ0) is 11.6. The van der Waals surface area contributed by atoms with Crippen molar-refractivity contribution in [3.63, 3.8) is 0 Å². The van der Waals surface area contributed by atoms with Crippen LogP contribution < -0.4 is 0 Å². The van der Waals surface area contributed by atoms with E-state index in [1.165, 1.54) is 11.3 Å². The van der Waals surface area contributed by atoms with Gasteiger partial charge in [0.2, 0.25) is 0 Å². The maximum Gasteiger partial charge on any atom is 0.106 e. The van der Waals surface area contributed by atoms with Crippen LogP contribution in [0.1, 0.15) is 31.2 Å². The van der Waals surface area contributed by atoms with E-state index in [0.29, 0.717) is 0 Å². The summed E-state index contributed by atoms with van der Waals surface area (Å²) in [5.74, 6) is 0. The Hall–Kier alpha value is -0.0900. The van der Waals surface area contributed by atoms with Crippen molar-refractivity contribution in [2.45, 2.75) is 31.9 Å². The monoisotopic (exact) mass is 247 g/mol. The molecule has 0 aliphatic heterocycles. The fourth-order valence-electron chi connectivity index (χ4n) is 1.54. The first-order valence-electron chi connectivity index (χ1n) is 5.02. The van der Waals surface area contributed by atoms with Gasteiger partial charge in [-0.1, -0.05) is 18.5 Å². The number of halogens is 1. The number of likely N-dealkylation sites (N-methyl/N-ethyl adjacent to an activating group) is 1. The third kappa shape index (κ3) is 2.53. The van der Waals surface area contributed by atoms with Crippen LogP contribution >= 0.6 is 22.9 Å². The van der Waals surface area contributed by atoms with Crippen LogP contribution in [0.4, 0.5) is 0 Å². The van der Waals surface area contributed by atoms with Gasteiger partial charge >= 0.3 is 0 Å². The molecule has 0 aliphatic carbocycles. The van der Waals surface area contributed by atoms with Gasteiger partial charge in [0.05, 0.1) is 4.34 Å². The molecule has 0 aromatic carbocycles. The number of aliphatic hydroxyl groups is 1. The highest BCUT2D eigenvalue weighted by Gasteiger charge is 2.35. The second-order valence-electron chi connectivity index (χ2n) is 4.15. The van der Waals surface area contributed by atoms with Gasteiger partial charge in [-0.15, -0.1) is 11.3 Å². The Kier molecular flexibility index (Phi) is 4.18. The number of aliphatic hydroxyl groups excluding tert-OH is 1. The molecule has 1 aromatic rings. The molecule has 0 saturated heterocycles. The van der Waals surface area contributed by atoms with E-state index in [2.05, 4.69) is 18.7 Å². The van der Waals surface area contributed by atoms with Gasteiger partial charge in [0.1, 0.15) is 6.10 Å². The third-order valence-corrected chi connectivity index (χ3v) is 4.47. The Morgan fingerprint density at radius 2 is 2.13 bits per heavy atom. The van der Waals surface area contributed by atoms with Gasteiger partial charge in [-0.25, -0.2) is 0 Å². The maximum atomic E-state index is 10.3. The summed E-state index contributed by atoms with van der Waals surface area (Å²) in [6.45, 7) is 4.14. The zero-order valence-electron chi connectivity index (χ0n) is 9.62. The van der Waals surface area contributed by atoms with Gasteiger partial charge in [-0.2, -0.15) is 0 Å². The topological polar surface area (TPSA) is 23.5 Å². The normalized spacial score (nSPS) is 17.8. The molecule has 1 N–H and O–H groups in total. The van der Waals surface area contributed by atoms with Crippen molar-refractivity contribution in [1.29, 1.82) is 0 Å². The second kappa shape index (κ2) is 4.83. The Balaban J connectivity index is 2.96. The molecule has 2 atom stereocenters. The van der Waals surface area contributed by atoms with Crippen molar-refractivity contribution in [2.24, 2.45) is 0 Å². The molecule has 1 aromatic heterocycles. The van der Waals surface area contributed by atoms with Crippen molar-refractivity contribution in [1.82, 2.24) is 4.90 Å². The SMILES string of the molecule is CCC(C)(C(O)c1ccc(Cl)s1)N(C)C. The molecule has 2 unspecified atom stereocenters. The van der Waals surface area contributed by atoms with Crippen molar-refractivity contribution >= 4 is 22.9 Å². The third-order valence-electron chi connectivity index (χ3n) is 3.19. The lowest BCUT2D eigenvalue weighted by Crippen LogP contribution is -2.45. The summed E-state index contributed by atoms with van der Waals surface area (Å²) >= 11 is 7.32. The first-order chi connectivity index (χ1) is 6.91. The second-order valence-corrected chi connectivity index (χ2v) is 5.90. The first-order valence-corrected chi connectivity index (χ1v) is 6.22. The lowest BCUT2D eigenvalue weighted by molar-refractivity contribution is 0.00308. The van der Waals surface area contributed by atoms with Gasteiger partial charge < -0.3 is 10.0 Å². The van der Waals surface area contributed by atoms with E-state index in [4.69, 9.17) is 11.6 Å². The number of nitrogens with zero attached hydrogens (tertiary/aromatic N) is 1. The average molecular weight is 248 g/mol. The molecule has 2 nitrogen and oxygen atoms in total. The number of thiophene rings is 1. The van der Waals surface area contributed by atoms with Gasteiger partial charge in [0.25, 0.3) is 0 Å². The van der Waals surface area contributed by atoms with Gasteiger partial charge in [0.15, 0.2) is 0 Å². The molecule has 0 spiro atoms. The van der Waals surface area contributed by atoms with E-state index in [-0.39, 0.29) is 5.54 Å². The van der Waals surface area contributed by atoms with Crippen molar-refractivity contribution in [3.8, 4) is 0 Å². The molecule has 1 heterocycles. The van der Waals surface area contributed by atoms with Crippen LogP contribution in [0, 0.1) is 0 Å². The van der Waals surface area contributed by atoms with Crippen LogP contribution in [0.15, 0.2) is 12.1 Å². The van der Waals surface area contributed by atoms with Gasteiger partial charge in [-0.05, 0) is 39.6 Å². The Morgan fingerprint density at radius 1 is 1.53 bits per heavy atom. The molecule has 0 amide bonds. The zero-order valence-corrected chi connectivity index (χ0v) is 11.2. The minimum atomic E-state index is -0.491. The molecule has 0 saturated carbocycles. The van der Waals surface area contributed by atoms with Crippen molar-refractivity contribution in [3.05, 3.63) is 21.3 Å². The summed E-state index contributed by atoms with van der Waals surface area (Å²) in [4.78, 5) is 2.99. The fraction of sp³-hybridized carbons (Fsp3) is 0.636. The molecular formula is C11H18ClNOS. The average Bonchev–Trinajstić information content (AvgIpc) is 2.62. The Bertz CT molecular complexity index is 326. The minimum Gasteiger partial charge on any atom is -0.386 e. The highest BCUT2D eigenvalue weighted by atomic mass is 35.5. The smallest absolute Gasteiger partial charge is 0.106 e. The summed E-state index contributed by atoms with van der Waals surface area (Å²) in [6, 6.07) is 3.73. The van der Waals surface area contributed by atoms with Gasteiger partial charge in [0, 0.05) is 10.4 Å². The van der Waals surface area contributed by atoms with Crippen LogP contribution in [0.25, 0.3) is 0 Å². The molecule has 15 heavy (non-hydrogen) atoms. The van der Waals surface area contributed by atoms with E-state index in [9.17, 15) is 5.11 Å². The number of hydrogen-bond donors (Lipinski definition) is 1. The van der Waals surface area contributed by atoms with E-state index in [1.807, 2.05) is 26.2 Å². The van der Waals surface area contributed by atoms with E-state index >= 15 is 0 Å². The summed E-state index contributed by atoms with van der Waals surface area (Å²) in [5.41, 5.74) is -0.242. The van der Waals surface area contributed by atoms with Crippen LogP contribution in [0.5, 0.6) is 0 Å². The van der Waals surface area contributed by atoms with Crippen molar-refractivity contribution < 1.29 is 5.11 Å². The highest BCUT2D eigenvalue weighted by Crippen LogP contribution is 2.37. The molecule has 4 heteroatoms. The van der Waals surface area contributed by atoms with Crippen LogP contribution in [0.3, 0.4) is 0 Å². The lowest BCUT2D eigenvalue weighted by atomic mass is 9.89. The minimum absolute atomic E-state index is 0.242. The molecule has 0 fully saturated rings. The lowest BCUT2D eigenvalue weighted by Gasteiger charge is -2.39. The van der Waals surface area contributed by atoms with E-state index < -0.39 is 6.10 Å². The largest absolute Gasteiger partial charge is 0.386 e. The molecule has 0 bridgehead atoms. The first kappa shape index (κ1) is 13.0. The molecule has 0 aliphatic rings. The highest BCUT2D eigenvalue weighted by molar-refractivity contribution is 7.16. The van der Waals surface area contributed by atoms with Crippen molar-refractivity contribution in [2.75, 3.05) is 14.1 Å². The predicted molar refractivity (Wildman–Crippen MR) is 66.7 cm³/mol. The van der Waals surface area contributed by atoms with Crippen LogP contribution in [0.2, 0.25) is 4.34 Å². The summed E-state index contributed by atoms with van der Waals surface area (Å²) in [7, 11) is 3.98.